The molecule has 0 heterocycles. The van der Waals surface area contributed by atoms with Gasteiger partial charge in [0.25, 0.3) is 0 Å². The maximum atomic E-state index is 11.2. The molecule has 0 unspecified atom stereocenters. The van der Waals surface area contributed by atoms with Gasteiger partial charge in [0.2, 0.25) is 5.91 Å². The van der Waals surface area contributed by atoms with Crippen molar-refractivity contribution in [1.29, 1.82) is 0 Å². The molecule has 94 valence electrons. The second-order valence-electron chi connectivity index (χ2n) is 3.16. The zero-order chi connectivity index (χ0) is 10.3. The summed E-state index contributed by atoms with van der Waals surface area (Å²) in [7, 11) is 0. The van der Waals surface area contributed by atoms with E-state index in [4.69, 9.17) is 5.73 Å². The Labute approximate surface area is 104 Å². The van der Waals surface area contributed by atoms with Crippen LogP contribution in [0.4, 0.5) is 0 Å². The van der Waals surface area contributed by atoms with Crippen molar-refractivity contribution in [2.45, 2.75) is 45.3 Å². The van der Waals surface area contributed by atoms with E-state index in [9.17, 15) is 9.90 Å². The summed E-state index contributed by atoms with van der Waals surface area (Å²) in [5.74, 6) is -0.359. The molecule has 0 aliphatic rings. The SMILES string of the molecule is CCCCNC(=O)[C@@H](O)[C@@H](N)CC.Cl.Cl. The first-order chi connectivity index (χ1) is 6.13. The van der Waals surface area contributed by atoms with Gasteiger partial charge in [0.1, 0.15) is 6.10 Å². The van der Waals surface area contributed by atoms with E-state index in [1.54, 1.807) is 0 Å². The highest BCUT2D eigenvalue weighted by atomic mass is 35.5. The average molecular weight is 261 g/mol. The summed E-state index contributed by atoms with van der Waals surface area (Å²) in [5.41, 5.74) is 5.51. The van der Waals surface area contributed by atoms with Gasteiger partial charge >= 0.3 is 0 Å². The Hall–Kier alpha value is -0.0300. The predicted molar refractivity (Wildman–Crippen MR) is 66.7 cm³/mol. The van der Waals surface area contributed by atoms with Crippen LogP contribution in [0.3, 0.4) is 0 Å². The monoisotopic (exact) mass is 260 g/mol. The second-order valence-corrected chi connectivity index (χ2v) is 3.16. The number of hydrogen-bond acceptors (Lipinski definition) is 3. The quantitative estimate of drug-likeness (QED) is 0.620. The van der Waals surface area contributed by atoms with Crippen molar-refractivity contribution in [3.63, 3.8) is 0 Å². The van der Waals surface area contributed by atoms with Gasteiger partial charge in [-0.3, -0.25) is 4.79 Å². The molecule has 0 saturated heterocycles. The molecule has 4 N–H and O–H groups in total. The standard InChI is InChI=1S/C9H20N2O2.2ClH/c1-3-5-6-11-9(13)8(12)7(10)4-2;;/h7-8,12H,3-6,10H2,1-2H3,(H,11,13);2*1H/t7-,8-;;/m0../s1. The number of carbonyl (C=O) groups is 1. The largest absolute Gasteiger partial charge is 0.382 e. The number of aliphatic hydroxyl groups is 1. The van der Waals surface area contributed by atoms with Gasteiger partial charge in [-0.2, -0.15) is 0 Å². The lowest BCUT2D eigenvalue weighted by atomic mass is 10.1. The van der Waals surface area contributed by atoms with Crippen molar-refractivity contribution >= 4 is 30.7 Å². The molecule has 2 atom stereocenters. The number of aliphatic hydroxyl groups excluding tert-OH is 1. The van der Waals surface area contributed by atoms with Gasteiger partial charge in [-0.05, 0) is 12.8 Å². The van der Waals surface area contributed by atoms with Gasteiger partial charge in [-0.15, -0.1) is 24.8 Å². The number of halogens is 2. The lowest BCUT2D eigenvalue weighted by Crippen LogP contribution is -2.46. The third-order valence-corrected chi connectivity index (χ3v) is 1.98. The van der Waals surface area contributed by atoms with E-state index in [0.717, 1.165) is 12.8 Å². The van der Waals surface area contributed by atoms with Crippen molar-refractivity contribution in [3.8, 4) is 0 Å². The van der Waals surface area contributed by atoms with Crippen LogP contribution < -0.4 is 11.1 Å². The third-order valence-electron chi connectivity index (χ3n) is 1.98. The van der Waals surface area contributed by atoms with Crippen LogP contribution in [0.5, 0.6) is 0 Å². The molecule has 0 aliphatic heterocycles. The van der Waals surface area contributed by atoms with Crippen molar-refractivity contribution in [2.75, 3.05) is 6.54 Å². The first-order valence-electron chi connectivity index (χ1n) is 4.84. The lowest BCUT2D eigenvalue weighted by molar-refractivity contribution is -0.130. The van der Waals surface area contributed by atoms with Crippen LogP contribution in [0.15, 0.2) is 0 Å². The molecule has 0 aromatic heterocycles. The van der Waals surface area contributed by atoms with Gasteiger partial charge in [-0.25, -0.2) is 0 Å². The molecular formula is C9H22Cl2N2O2. The molecule has 0 saturated carbocycles. The highest BCUT2D eigenvalue weighted by molar-refractivity contribution is 5.85. The van der Waals surface area contributed by atoms with Crippen LogP contribution in [0.25, 0.3) is 0 Å². The van der Waals surface area contributed by atoms with Gasteiger partial charge in [0.15, 0.2) is 0 Å². The topological polar surface area (TPSA) is 75.3 Å². The number of rotatable bonds is 6. The van der Waals surface area contributed by atoms with E-state index >= 15 is 0 Å². The minimum absolute atomic E-state index is 0. The summed E-state index contributed by atoms with van der Waals surface area (Å²) in [5, 5.41) is 12.0. The zero-order valence-electron chi connectivity index (χ0n) is 9.23. The summed E-state index contributed by atoms with van der Waals surface area (Å²) in [6.45, 7) is 4.50. The summed E-state index contributed by atoms with van der Waals surface area (Å²) < 4.78 is 0. The predicted octanol–water partition coefficient (Wildman–Crippen LogP) is 0.844. The van der Waals surface area contributed by atoms with Crippen molar-refractivity contribution in [1.82, 2.24) is 5.32 Å². The molecule has 0 spiro atoms. The highest BCUT2D eigenvalue weighted by Gasteiger charge is 2.20. The molecule has 1 amide bonds. The molecule has 0 aromatic carbocycles. The molecule has 4 nitrogen and oxygen atoms in total. The lowest BCUT2D eigenvalue weighted by Gasteiger charge is -2.16. The molecular weight excluding hydrogens is 239 g/mol. The number of hydrogen-bond donors (Lipinski definition) is 3. The normalized spacial score (nSPS) is 13.1. The molecule has 0 rings (SSSR count). The Morgan fingerprint density at radius 3 is 2.33 bits per heavy atom. The van der Waals surface area contributed by atoms with E-state index < -0.39 is 12.1 Å². The van der Waals surface area contributed by atoms with Gasteiger partial charge in [0.05, 0.1) is 0 Å². The number of unbranched alkanes of at least 4 members (excludes halogenated alkanes) is 1. The highest BCUT2D eigenvalue weighted by Crippen LogP contribution is 1.95. The Kier molecular flexibility index (Phi) is 16.4. The van der Waals surface area contributed by atoms with E-state index in [1.165, 1.54) is 0 Å². The van der Waals surface area contributed by atoms with Crippen LogP contribution in [0, 0.1) is 0 Å². The summed E-state index contributed by atoms with van der Waals surface area (Å²) in [6.07, 6.45) is 1.49. The minimum Gasteiger partial charge on any atom is -0.382 e. The van der Waals surface area contributed by atoms with Gasteiger partial charge in [-0.1, -0.05) is 20.3 Å². The minimum atomic E-state index is -1.07. The Morgan fingerprint density at radius 2 is 1.93 bits per heavy atom. The second kappa shape index (κ2) is 12.0. The number of carbonyl (C=O) groups excluding carboxylic acids is 1. The van der Waals surface area contributed by atoms with Crippen LogP contribution in [-0.4, -0.2) is 29.7 Å². The molecule has 0 aliphatic carbocycles. The average Bonchev–Trinajstić information content (AvgIpc) is 2.15. The van der Waals surface area contributed by atoms with Crippen LogP contribution >= 0.6 is 24.8 Å². The summed E-state index contributed by atoms with van der Waals surface area (Å²) >= 11 is 0. The first kappa shape index (κ1) is 20.4. The van der Waals surface area contributed by atoms with Crippen molar-refractivity contribution in [2.24, 2.45) is 5.73 Å². The number of amides is 1. The molecule has 0 aromatic rings. The van der Waals surface area contributed by atoms with E-state index in [1.807, 2.05) is 13.8 Å². The van der Waals surface area contributed by atoms with Crippen molar-refractivity contribution in [3.05, 3.63) is 0 Å². The molecule has 0 radical (unpaired) electrons. The maximum absolute atomic E-state index is 11.2. The number of nitrogens with two attached hydrogens (primary N) is 1. The molecule has 6 heteroatoms. The zero-order valence-corrected chi connectivity index (χ0v) is 10.9. The van der Waals surface area contributed by atoms with Crippen LogP contribution in [0.2, 0.25) is 0 Å². The fourth-order valence-corrected chi connectivity index (χ4v) is 0.911. The van der Waals surface area contributed by atoms with Crippen LogP contribution in [-0.2, 0) is 4.79 Å². The molecule has 15 heavy (non-hydrogen) atoms. The Balaban J connectivity index is -0.000000720. The van der Waals surface area contributed by atoms with E-state index in [0.29, 0.717) is 13.0 Å². The van der Waals surface area contributed by atoms with Crippen molar-refractivity contribution < 1.29 is 9.90 Å². The summed E-state index contributed by atoms with van der Waals surface area (Å²) in [4.78, 5) is 11.2. The van der Waals surface area contributed by atoms with E-state index in [-0.39, 0.29) is 30.7 Å². The Bertz CT molecular complexity index is 159. The smallest absolute Gasteiger partial charge is 0.250 e. The first-order valence-corrected chi connectivity index (χ1v) is 4.84. The molecule has 0 fully saturated rings. The summed E-state index contributed by atoms with van der Waals surface area (Å²) in [6, 6.07) is -0.457. The number of nitrogens with one attached hydrogen (secondary N) is 1. The Morgan fingerprint density at radius 1 is 1.40 bits per heavy atom. The van der Waals surface area contributed by atoms with Gasteiger partial charge < -0.3 is 16.2 Å². The molecule has 0 bridgehead atoms. The van der Waals surface area contributed by atoms with Crippen LogP contribution in [0.1, 0.15) is 33.1 Å². The fraction of sp³-hybridized carbons (Fsp3) is 0.889. The maximum Gasteiger partial charge on any atom is 0.250 e. The van der Waals surface area contributed by atoms with E-state index in [2.05, 4.69) is 5.32 Å². The fourth-order valence-electron chi connectivity index (χ4n) is 0.911. The van der Waals surface area contributed by atoms with Gasteiger partial charge in [0, 0.05) is 12.6 Å². The third kappa shape index (κ3) is 8.93.